The molecule has 2 fully saturated rings. The molecule has 3 rings (SSSR count). The van der Waals surface area contributed by atoms with Crippen LogP contribution in [0.25, 0.3) is 0 Å². The van der Waals surface area contributed by atoms with Crippen LogP contribution in [0.5, 0.6) is 5.75 Å². The molecule has 2 saturated carbocycles. The van der Waals surface area contributed by atoms with Crippen molar-refractivity contribution in [3.63, 3.8) is 0 Å². The van der Waals surface area contributed by atoms with Gasteiger partial charge in [0, 0.05) is 0 Å². The van der Waals surface area contributed by atoms with Crippen molar-refractivity contribution in [3.8, 4) is 5.75 Å². The number of carboxylic acid groups (broad SMARTS) is 1. The van der Waals surface area contributed by atoms with Gasteiger partial charge in [0.1, 0.15) is 5.75 Å². The minimum atomic E-state index is -0.609. The maximum absolute atomic E-state index is 11.8. The molecule has 1 aromatic rings. The molecule has 0 radical (unpaired) electrons. The first-order valence-corrected chi connectivity index (χ1v) is 7.00. The van der Waals surface area contributed by atoms with Crippen LogP contribution >= 0.6 is 0 Å². The second-order valence-corrected chi connectivity index (χ2v) is 6.07. The van der Waals surface area contributed by atoms with E-state index in [4.69, 9.17) is 4.74 Å². The molecule has 2 aliphatic rings. The second-order valence-electron chi connectivity index (χ2n) is 6.07. The van der Waals surface area contributed by atoms with Crippen LogP contribution in [-0.2, 0) is 11.2 Å². The standard InChI is InChI=1S/C16H20O3/c1-19-14-4-2-3-11(8-14)9-16(15(17)18)10-12-5-6-13(16)7-12/h2-4,8,12-13H,5-7,9-10H2,1H3,(H,17,18)/t12-,13+,16+/m0/s1. The van der Waals surface area contributed by atoms with Gasteiger partial charge in [-0.2, -0.15) is 0 Å². The zero-order valence-electron chi connectivity index (χ0n) is 11.3. The van der Waals surface area contributed by atoms with Crippen LogP contribution in [0.3, 0.4) is 0 Å². The van der Waals surface area contributed by atoms with Crippen LogP contribution in [0.1, 0.15) is 31.2 Å². The third kappa shape index (κ3) is 2.01. The average molecular weight is 260 g/mol. The van der Waals surface area contributed by atoms with Crippen molar-refractivity contribution in [2.24, 2.45) is 17.3 Å². The topological polar surface area (TPSA) is 46.5 Å². The van der Waals surface area contributed by atoms with Crippen LogP contribution in [0.2, 0.25) is 0 Å². The molecule has 0 amide bonds. The molecule has 1 aromatic carbocycles. The van der Waals surface area contributed by atoms with Crippen molar-refractivity contribution in [3.05, 3.63) is 29.8 Å². The zero-order chi connectivity index (χ0) is 13.5. The average Bonchev–Trinajstić information content (AvgIpc) is 3.00. The highest BCUT2D eigenvalue weighted by atomic mass is 16.5. The van der Waals surface area contributed by atoms with Gasteiger partial charge in [-0.15, -0.1) is 0 Å². The van der Waals surface area contributed by atoms with Gasteiger partial charge in [0.15, 0.2) is 0 Å². The summed E-state index contributed by atoms with van der Waals surface area (Å²) in [5.74, 6) is 1.19. The van der Waals surface area contributed by atoms with E-state index in [9.17, 15) is 9.90 Å². The molecule has 3 atom stereocenters. The Morgan fingerprint density at radius 1 is 1.47 bits per heavy atom. The summed E-state index contributed by atoms with van der Waals surface area (Å²) >= 11 is 0. The van der Waals surface area contributed by atoms with E-state index in [0.29, 0.717) is 18.3 Å². The van der Waals surface area contributed by atoms with Crippen LogP contribution in [0.4, 0.5) is 0 Å². The summed E-state index contributed by atoms with van der Waals surface area (Å²) in [4.78, 5) is 11.8. The van der Waals surface area contributed by atoms with E-state index < -0.39 is 11.4 Å². The van der Waals surface area contributed by atoms with Crippen LogP contribution in [0.15, 0.2) is 24.3 Å². The molecule has 3 heteroatoms. The van der Waals surface area contributed by atoms with E-state index in [1.54, 1.807) is 7.11 Å². The molecule has 0 aromatic heterocycles. The number of methoxy groups -OCH3 is 1. The van der Waals surface area contributed by atoms with Gasteiger partial charge in [0.25, 0.3) is 0 Å². The Balaban J connectivity index is 1.88. The lowest BCUT2D eigenvalue weighted by Crippen LogP contribution is -2.38. The fraction of sp³-hybridized carbons (Fsp3) is 0.562. The maximum Gasteiger partial charge on any atom is 0.310 e. The van der Waals surface area contributed by atoms with Crippen LogP contribution < -0.4 is 4.74 Å². The Labute approximate surface area is 113 Å². The zero-order valence-corrected chi connectivity index (χ0v) is 11.3. The molecule has 3 nitrogen and oxygen atoms in total. The maximum atomic E-state index is 11.8. The monoisotopic (exact) mass is 260 g/mol. The lowest BCUT2D eigenvalue weighted by Gasteiger charge is -2.33. The quantitative estimate of drug-likeness (QED) is 0.904. The molecule has 1 N–H and O–H groups in total. The van der Waals surface area contributed by atoms with E-state index in [1.807, 2.05) is 24.3 Å². The Morgan fingerprint density at radius 2 is 2.32 bits per heavy atom. The molecule has 0 aliphatic heterocycles. The van der Waals surface area contributed by atoms with Crippen molar-refractivity contribution < 1.29 is 14.6 Å². The Kier molecular flexibility index (Phi) is 3.00. The van der Waals surface area contributed by atoms with Crippen molar-refractivity contribution in [2.45, 2.75) is 32.1 Å². The van der Waals surface area contributed by atoms with Gasteiger partial charge in [0.2, 0.25) is 0 Å². The highest BCUT2D eigenvalue weighted by Gasteiger charge is 2.55. The Morgan fingerprint density at radius 3 is 2.89 bits per heavy atom. The number of rotatable bonds is 4. The van der Waals surface area contributed by atoms with Crippen LogP contribution in [-0.4, -0.2) is 18.2 Å². The van der Waals surface area contributed by atoms with Crippen molar-refractivity contribution in [1.29, 1.82) is 0 Å². The van der Waals surface area contributed by atoms with Gasteiger partial charge >= 0.3 is 5.97 Å². The van der Waals surface area contributed by atoms with E-state index >= 15 is 0 Å². The number of benzene rings is 1. The minimum absolute atomic E-state index is 0.362. The van der Waals surface area contributed by atoms with Gasteiger partial charge in [-0.3, -0.25) is 4.79 Å². The minimum Gasteiger partial charge on any atom is -0.497 e. The molecular formula is C16H20O3. The fourth-order valence-corrected chi connectivity index (χ4v) is 4.14. The van der Waals surface area contributed by atoms with E-state index in [-0.39, 0.29) is 0 Å². The summed E-state index contributed by atoms with van der Waals surface area (Å²) in [6.45, 7) is 0. The SMILES string of the molecule is COc1cccc(C[C@@]2(C(=O)O)C[C@H]3CC[C@@H]2C3)c1. The summed E-state index contributed by atoms with van der Waals surface area (Å²) in [6.07, 6.45) is 4.90. The highest BCUT2D eigenvalue weighted by molar-refractivity contribution is 5.76. The fourth-order valence-electron chi connectivity index (χ4n) is 4.14. The molecule has 0 heterocycles. The molecule has 2 aliphatic carbocycles. The first-order valence-electron chi connectivity index (χ1n) is 7.00. The van der Waals surface area contributed by atoms with E-state index in [0.717, 1.165) is 30.6 Å². The van der Waals surface area contributed by atoms with Crippen molar-refractivity contribution >= 4 is 5.97 Å². The van der Waals surface area contributed by atoms with Gasteiger partial charge < -0.3 is 9.84 Å². The first kappa shape index (κ1) is 12.5. The van der Waals surface area contributed by atoms with Gasteiger partial charge in [-0.05, 0) is 55.2 Å². The first-order chi connectivity index (χ1) is 9.14. The largest absolute Gasteiger partial charge is 0.497 e. The summed E-state index contributed by atoms with van der Waals surface area (Å²) < 4.78 is 5.23. The smallest absolute Gasteiger partial charge is 0.310 e. The molecule has 0 spiro atoms. The van der Waals surface area contributed by atoms with Crippen molar-refractivity contribution in [1.82, 2.24) is 0 Å². The van der Waals surface area contributed by atoms with Gasteiger partial charge in [-0.1, -0.05) is 18.6 Å². The molecule has 2 bridgehead atoms. The van der Waals surface area contributed by atoms with Gasteiger partial charge in [-0.25, -0.2) is 0 Å². The van der Waals surface area contributed by atoms with Crippen LogP contribution in [0, 0.1) is 17.3 Å². The van der Waals surface area contributed by atoms with Gasteiger partial charge in [0.05, 0.1) is 12.5 Å². The number of fused-ring (bicyclic) bond motifs is 2. The molecule has 0 saturated heterocycles. The number of aliphatic carboxylic acids is 1. The second kappa shape index (κ2) is 4.55. The summed E-state index contributed by atoms with van der Waals surface area (Å²) in [6, 6.07) is 7.82. The lowest BCUT2D eigenvalue weighted by molar-refractivity contribution is -0.152. The normalized spacial score (nSPS) is 32.5. The number of hydrogen-bond acceptors (Lipinski definition) is 2. The number of carboxylic acids is 1. The lowest BCUT2D eigenvalue weighted by atomic mass is 9.69. The molecule has 0 unspecified atom stereocenters. The molecule has 102 valence electrons. The van der Waals surface area contributed by atoms with Crippen molar-refractivity contribution in [2.75, 3.05) is 7.11 Å². The summed E-state index contributed by atoms with van der Waals surface area (Å²) in [5, 5.41) is 9.74. The third-order valence-electron chi connectivity index (χ3n) is 5.06. The molecule has 19 heavy (non-hydrogen) atoms. The Hall–Kier alpha value is -1.51. The van der Waals surface area contributed by atoms with E-state index in [1.165, 1.54) is 6.42 Å². The summed E-state index contributed by atoms with van der Waals surface area (Å²) in [7, 11) is 1.64. The highest BCUT2D eigenvalue weighted by Crippen LogP contribution is 2.57. The predicted molar refractivity (Wildman–Crippen MR) is 72.2 cm³/mol. The third-order valence-corrected chi connectivity index (χ3v) is 5.06. The number of carbonyl (C=O) groups is 1. The number of hydrogen-bond donors (Lipinski definition) is 1. The number of ether oxygens (including phenoxy) is 1. The van der Waals surface area contributed by atoms with E-state index in [2.05, 4.69) is 0 Å². The summed E-state index contributed by atoms with van der Waals surface area (Å²) in [5.41, 5.74) is 0.546. The Bertz CT molecular complexity index is 497. The molecular weight excluding hydrogens is 240 g/mol. The predicted octanol–water partition coefficient (Wildman–Crippen LogP) is 3.13.